The van der Waals surface area contributed by atoms with E-state index in [1.54, 1.807) is 0 Å². The molecule has 0 bridgehead atoms. The largest absolute Gasteiger partial charge is 0.316 e. The first-order chi connectivity index (χ1) is 9.13. The van der Waals surface area contributed by atoms with Crippen molar-refractivity contribution in [2.75, 3.05) is 26.2 Å². The highest BCUT2D eigenvalue weighted by molar-refractivity contribution is 5.01. The van der Waals surface area contributed by atoms with Gasteiger partial charge in [0.25, 0.3) is 0 Å². The van der Waals surface area contributed by atoms with Crippen molar-refractivity contribution >= 4 is 0 Å². The molecule has 4 heteroatoms. The Hall–Kier alpha value is -1.00. The Labute approximate surface area is 116 Å². The maximum absolute atomic E-state index is 4.43. The lowest BCUT2D eigenvalue weighted by Crippen LogP contribution is -2.28. The Bertz CT molecular complexity index is 374. The Balaban J connectivity index is 1.71. The maximum atomic E-state index is 4.43. The molecule has 1 fully saturated rings. The van der Waals surface area contributed by atoms with Crippen LogP contribution in [0, 0.1) is 18.8 Å². The fourth-order valence-electron chi connectivity index (χ4n) is 2.53. The smallest absolute Gasteiger partial charge is 0.0727 e. The maximum Gasteiger partial charge on any atom is 0.0727 e. The highest BCUT2D eigenvalue weighted by atomic mass is 15.2. The van der Waals surface area contributed by atoms with E-state index in [4.69, 9.17) is 0 Å². The lowest BCUT2D eigenvalue weighted by molar-refractivity contribution is 0.309. The monoisotopic (exact) mass is 262 g/mol. The van der Waals surface area contributed by atoms with Crippen LogP contribution >= 0.6 is 0 Å². The fraction of sp³-hybridized carbons (Fsp3) is 0.733. The molecule has 0 amide bonds. The summed E-state index contributed by atoms with van der Waals surface area (Å²) < 4.78 is 0. The molecule has 0 saturated carbocycles. The lowest BCUT2D eigenvalue weighted by atomic mass is 10.1. The number of nitrogens with one attached hydrogen (secondary N) is 1. The van der Waals surface area contributed by atoms with Gasteiger partial charge in [-0.25, -0.2) is 0 Å². The molecule has 0 aliphatic carbocycles. The highest BCUT2D eigenvalue weighted by Gasteiger charge is 2.22. The van der Waals surface area contributed by atoms with Crippen LogP contribution in [-0.4, -0.2) is 41.0 Å². The van der Waals surface area contributed by atoms with Gasteiger partial charge in [-0.15, -0.1) is 0 Å². The van der Waals surface area contributed by atoms with E-state index in [1.807, 2.05) is 19.3 Å². The fourth-order valence-corrected chi connectivity index (χ4v) is 2.53. The van der Waals surface area contributed by atoms with E-state index in [9.17, 15) is 0 Å². The number of hydrogen-bond acceptors (Lipinski definition) is 4. The molecule has 2 rings (SSSR count). The van der Waals surface area contributed by atoms with Crippen molar-refractivity contribution in [1.29, 1.82) is 0 Å². The molecule has 2 heterocycles. The second kappa shape index (κ2) is 6.96. The summed E-state index contributed by atoms with van der Waals surface area (Å²) in [7, 11) is 0. The summed E-state index contributed by atoms with van der Waals surface area (Å²) in [6.07, 6.45) is 5.05. The van der Waals surface area contributed by atoms with Crippen LogP contribution in [0.3, 0.4) is 0 Å². The zero-order valence-electron chi connectivity index (χ0n) is 12.4. The Morgan fingerprint density at radius 3 is 2.89 bits per heavy atom. The van der Waals surface area contributed by atoms with Crippen molar-refractivity contribution in [2.24, 2.45) is 11.8 Å². The van der Waals surface area contributed by atoms with Crippen molar-refractivity contribution in [3.05, 3.63) is 23.8 Å². The summed E-state index contributed by atoms with van der Waals surface area (Å²) in [6, 6.07) is 0. The molecule has 1 saturated heterocycles. The average molecular weight is 262 g/mol. The van der Waals surface area contributed by atoms with Crippen molar-refractivity contribution in [1.82, 2.24) is 20.2 Å². The van der Waals surface area contributed by atoms with Crippen LogP contribution in [0.1, 0.15) is 31.7 Å². The second-order valence-corrected chi connectivity index (χ2v) is 6.09. The van der Waals surface area contributed by atoms with E-state index >= 15 is 0 Å². The van der Waals surface area contributed by atoms with Gasteiger partial charge in [0.15, 0.2) is 0 Å². The van der Waals surface area contributed by atoms with Gasteiger partial charge in [-0.1, -0.05) is 13.8 Å². The van der Waals surface area contributed by atoms with Crippen LogP contribution in [0.15, 0.2) is 12.4 Å². The Morgan fingerprint density at radius 1 is 1.37 bits per heavy atom. The molecule has 4 nitrogen and oxygen atoms in total. The summed E-state index contributed by atoms with van der Waals surface area (Å²) >= 11 is 0. The van der Waals surface area contributed by atoms with Gasteiger partial charge in [0.05, 0.1) is 11.4 Å². The summed E-state index contributed by atoms with van der Waals surface area (Å²) in [4.78, 5) is 11.2. The van der Waals surface area contributed by atoms with E-state index in [-0.39, 0.29) is 0 Å². The molecule has 0 aromatic carbocycles. The standard InChI is InChI=1S/C15H26N4/c1-12(2)6-16-8-14-4-5-19(10-14)11-15-9-17-13(3)7-18-15/h7,9,12,14,16H,4-6,8,10-11H2,1-3H3. The van der Waals surface area contributed by atoms with Crippen LogP contribution in [0.2, 0.25) is 0 Å². The zero-order chi connectivity index (χ0) is 13.7. The molecule has 1 atom stereocenters. The van der Waals surface area contributed by atoms with E-state index in [1.165, 1.54) is 19.5 Å². The predicted molar refractivity (Wildman–Crippen MR) is 77.9 cm³/mol. The first-order valence-electron chi connectivity index (χ1n) is 7.34. The third-order valence-corrected chi connectivity index (χ3v) is 3.58. The normalized spacial score (nSPS) is 20.3. The summed E-state index contributed by atoms with van der Waals surface area (Å²) in [5.41, 5.74) is 2.07. The van der Waals surface area contributed by atoms with Crippen molar-refractivity contribution in [2.45, 2.75) is 33.7 Å². The lowest BCUT2D eigenvalue weighted by Gasteiger charge is -2.16. The van der Waals surface area contributed by atoms with Gasteiger partial charge in [-0.3, -0.25) is 14.9 Å². The number of likely N-dealkylation sites (tertiary alicyclic amines) is 1. The van der Waals surface area contributed by atoms with Crippen molar-refractivity contribution < 1.29 is 0 Å². The van der Waals surface area contributed by atoms with Crippen molar-refractivity contribution in [3.8, 4) is 0 Å². The Kier molecular flexibility index (Phi) is 5.28. The third kappa shape index (κ3) is 4.88. The molecule has 1 unspecified atom stereocenters. The molecule has 1 N–H and O–H groups in total. The van der Waals surface area contributed by atoms with Gasteiger partial charge in [0.2, 0.25) is 0 Å². The molecule has 1 aromatic heterocycles. The highest BCUT2D eigenvalue weighted by Crippen LogP contribution is 2.17. The molecule has 1 aliphatic rings. The van der Waals surface area contributed by atoms with Gasteiger partial charge >= 0.3 is 0 Å². The number of hydrogen-bond donors (Lipinski definition) is 1. The van der Waals surface area contributed by atoms with Crippen LogP contribution < -0.4 is 5.32 Å². The predicted octanol–water partition coefficient (Wildman–Crippen LogP) is 1.85. The van der Waals surface area contributed by atoms with Gasteiger partial charge in [-0.2, -0.15) is 0 Å². The summed E-state index contributed by atoms with van der Waals surface area (Å²) in [6.45, 7) is 12.1. The van der Waals surface area contributed by atoms with Gasteiger partial charge < -0.3 is 5.32 Å². The summed E-state index contributed by atoms with van der Waals surface area (Å²) in [5.74, 6) is 1.53. The van der Waals surface area contributed by atoms with Gasteiger partial charge in [0, 0.05) is 25.5 Å². The van der Waals surface area contributed by atoms with E-state index in [0.29, 0.717) is 0 Å². The average Bonchev–Trinajstić information content (AvgIpc) is 2.79. The Morgan fingerprint density at radius 2 is 2.21 bits per heavy atom. The zero-order valence-corrected chi connectivity index (χ0v) is 12.4. The molecular weight excluding hydrogens is 236 g/mol. The van der Waals surface area contributed by atoms with Gasteiger partial charge in [-0.05, 0) is 44.8 Å². The number of nitrogens with zero attached hydrogens (tertiary/aromatic N) is 3. The molecule has 1 aromatic rings. The molecule has 0 spiro atoms. The molecule has 19 heavy (non-hydrogen) atoms. The van der Waals surface area contributed by atoms with E-state index in [2.05, 4.69) is 34.0 Å². The first-order valence-corrected chi connectivity index (χ1v) is 7.34. The van der Waals surface area contributed by atoms with E-state index < -0.39 is 0 Å². The van der Waals surface area contributed by atoms with Gasteiger partial charge in [0.1, 0.15) is 0 Å². The molecule has 1 aliphatic heterocycles. The quantitative estimate of drug-likeness (QED) is 0.849. The SMILES string of the molecule is Cc1cnc(CN2CCC(CNCC(C)C)C2)cn1. The third-order valence-electron chi connectivity index (χ3n) is 3.58. The number of aryl methyl sites for hydroxylation is 1. The molecule has 0 radical (unpaired) electrons. The summed E-state index contributed by atoms with van der Waals surface area (Å²) in [5, 5.41) is 3.56. The van der Waals surface area contributed by atoms with E-state index in [0.717, 1.165) is 42.9 Å². The van der Waals surface area contributed by atoms with Crippen LogP contribution in [0.4, 0.5) is 0 Å². The van der Waals surface area contributed by atoms with Crippen LogP contribution in [0.5, 0.6) is 0 Å². The number of rotatable bonds is 6. The minimum absolute atomic E-state index is 0.736. The number of aromatic nitrogens is 2. The second-order valence-electron chi connectivity index (χ2n) is 6.09. The molecular formula is C15H26N4. The molecule has 106 valence electrons. The van der Waals surface area contributed by atoms with Crippen LogP contribution in [0.25, 0.3) is 0 Å². The first kappa shape index (κ1) is 14.4. The van der Waals surface area contributed by atoms with Crippen LogP contribution in [-0.2, 0) is 6.54 Å². The minimum Gasteiger partial charge on any atom is -0.316 e. The van der Waals surface area contributed by atoms with Crippen molar-refractivity contribution in [3.63, 3.8) is 0 Å². The minimum atomic E-state index is 0.736. The topological polar surface area (TPSA) is 41.1 Å².